The van der Waals surface area contributed by atoms with Crippen LogP contribution in [0.4, 0.5) is 5.69 Å². The van der Waals surface area contributed by atoms with Crippen LogP contribution in [0.5, 0.6) is 0 Å². The number of carbonyl (C=O) groups is 1. The van der Waals surface area contributed by atoms with Gasteiger partial charge in [-0.25, -0.2) is 4.79 Å². The minimum Gasteiger partial charge on any atom is -0.421 e. The zero-order valence-corrected chi connectivity index (χ0v) is 14.7. The molecule has 4 rings (SSSR count). The maximum absolute atomic E-state index is 12.2. The highest BCUT2D eigenvalue weighted by Gasteiger charge is 2.09. The van der Waals surface area contributed by atoms with Gasteiger partial charge in [0.1, 0.15) is 11.3 Å². The first-order chi connectivity index (χ1) is 13.1. The van der Waals surface area contributed by atoms with Crippen molar-refractivity contribution in [3.63, 3.8) is 0 Å². The molecule has 0 bridgehead atoms. The van der Waals surface area contributed by atoms with E-state index in [0.29, 0.717) is 5.58 Å². The molecule has 4 aromatic rings. The monoisotopic (exact) mass is 355 g/mol. The first-order valence-electron chi connectivity index (χ1n) is 8.61. The molecule has 1 amide bonds. The molecule has 0 fully saturated rings. The standard InChI is InChI=1S/C23H17NO3/c1-15-6-8-16(9-7-15)10-13-22(25)24-20-14-19-18-5-3-2-4-17(18)11-12-21(19)27-23(20)26/h2-14H,1H3,(H,24,25)/b13-10+. The molecule has 0 spiro atoms. The van der Waals surface area contributed by atoms with E-state index in [1.807, 2.05) is 61.5 Å². The van der Waals surface area contributed by atoms with Gasteiger partial charge in [-0.15, -0.1) is 0 Å². The number of amides is 1. The molecule has 1 heterocycles. The van der Waals surface area contributed by atoms with Crippen LogP contribution in [0.25, 0.3) is 27.8 Å². The number of benzene rings is 3. The van der Waals surface area contributed by atoms with Gasteiger partial charge in [0.15, 0.2) is 0 Å². The van der Waals surface area contributed by atoms with Crippen LogP contribution in [0.1, 0.15) is 11.1 Å². The summed E-state index contributed by atoms with van der Waals surface area (Å²) in [4.78, 5) is 24.4. The third kappa shape index (κ3) is 3.51. The van der Waals surface area contributed by atoms with Crippen molar-refractivity contribution in [3.05, 3.63) is 94.4 Å². The first kappa shape index (κ1) is 16.8. The molecule has 0 saturated carbocycles. The van der Waals surface area contributed by atoms with Crippen LogP contribution in [-0.4, -0.2) is 5.91 Å². The second kappa shape index (κ2) is 6.92. The van der Waals surface area contributed by atoms with Crippen LogP contribution in [0, 0.1) is 6.92 Å². The Hall–Kier alpha value is -3.66. The molecule has 0 saturated heterocycles. The number of hydrogen-bond donors (Lipinski definition) is 1. The molecule has 4 nitrogen and oxygen atoms in total. The van der Waals surface area contributed by atoms with E-state index < -0.39 is 5.63 Å². The van der Waals surface area contributed by atoms with E-state index >= 15 is 0 Å². The average Bonchev–Trinajstić information content (AvgIpc) is 2.68. The van der Waals surface area contributed by atoms with Gasteiger partial charge in [0.05, 0.1) is 0 Å². The van der Waals surface area contributed by atoms with Crippen LogP contribution >= 0.6 is 0 Å². The zero-order valence-electron chi connectivity index (χ0n) is 14.7. The predicted octanol–water partition coefficient (Wildman–Crippen LogP) is 4.91. The second-order valence-corrected chi connectivity index (χ2v) is 6.38. The summed E-state index contributed by atoms with van der Waals surface area (Å²) >= 11 is 0. The van der Waals surface area contributed by atoms with Gasteiger partial charge in [-0.3, -0.25) is 4.79 Å². The fraction of sp³-hybridized carbons (Fsp3) is 0.0435. The third-order valence-corrected chi connectivity index (χ3v) is 4.40. The van der Waals surface area contributed by atoms with Gasteiger partial charge in [0.25, 0.3) is 0 Å². The highest BCUT2D eigenvalue weighted by molar-refractivity contribution is 6.08. The van der Waals surface area contributed by atoms with Gasteiger partial charge >= 0.3 is 5.63 Å². The maximum Gasteiger partial charge on any atom is 0.360 e. The maximum atomic E-state index is 12.2. The number of aryl methyl sites for hydroxylation is 1. The number of hydrogen-bond acceptors (Lipinski definition) is 3. The Morgan fingerprint density at radius 2 is 1.74 bits per heavy atom. The van der Waals surface area contributed by atoms with Crippen LogP contribution in [0.15, 0.2) is 82.0 Å². The first-order valence-corrected chi connectivity index (χ1v) is 8.61. The van der Waals surface area contributed by atoms with Gasteiger partial charge in [-0.1, -0.05) is 60.2 Å². The van der Waals surface area contributed by atoms with Gasteiger partial charge in [-0.2, -0.15) is 0 Å². The molecule has 0 aliphatic rings. The summed E-state index contributed by atoms with van der Waals surface area (Å²) in [5, 5.41) is 5.40. The molecular weight excluding hydrogens is 338 g/mol. The van der Waals surface area contributed by atoms with Crippen molar-refractivity contribution in [2.24, 2.45) is 0 Å². The van der Waals surface area contributed by atoms with Gasteiger partial charge in [-0.05, 0) is 41.5 Å². The predicted molar refractivity (Wildman–Crippen MR) is 109 cm³/mol. The molecule has 132 valence electrons. The molecule has 0 aliphatic heterocycles. The quantitative estimate of drug-likeness (QED) is 0.323. The molecule has 3 aromatic carbocycles. The van der Waals surface area contributed by atoms with Crippen LogP contribution in [0.2, 0.25) is 0 Å². The number of carbonyl (C=O) groups excluding carboxylic acids is 1. The van der Waals surface area contributed by atoms with Crippen molar-refractivity contribution in [1.82, 2.24) is 0 Å². The molecule has 0 radical (unpaired) electrons. The van der Waals surface area contributed by atoms with Crippen molar-refractivity contribution in [2.75, 3.05) is 5.32 Å². The van der Waals surface area contributed by atoms with E-state index in [-0.39, 0.29) is 11.6 Å². The summed E-state index contributed by atoms with van der Waals surface area (Å²) < 4.78 is 5.38. The lowest BCUT2D eigenvalue weighted by Gasteiger charge is -2.06. The molecule has 1 aromatic heterocycles. The van der Waals surface area contributed by atoms with E-state index in [1.54, 1.807) is 18.2 Å². The lowest BCUT2D eigenvalue weighted by atomic mass is 10.1. The van der Waals surface area contributed by atoms with Crippen molar-refractivity contribution in [1.29, 1.82) is 0 Å². The Balaban J connectivity index is 1.65. The van der Waals surface area contributed by atoms with E-state index in [1.165, 1.54) is 6.08 Å². The van der Waals surface area contributed by atoms with Crippen molar-refractivity contribution < 1.29 is 9.21 Å². The number of anilines is 1. The van der Waals surface area contributed by atoms with Crippen LogP contribution < -0.4 is 10.9 Å². The van der Waals surface area contributed by atoms with Gasteiger partial charge in [0.2, 0.25) is 5.91 Å². The SMILES string of the molecule is Cc1ccc(/C=C/C(=O)Nc2cc3c(ccc4ccccc43)oc2=O)cc1. The van der Waals surface area contributed by atoms with Crippen LogP contribution in [-0.2, 0) is 4.79 Å². The van der Waals surface area contributed by atoms with E-state index in [0.717, 1.165) is 27.3 Å². The summed E-state index contributed by atoms with van der Waals surface area (Å²) in [6.07, 6.45) is 3.10. The summed E-state index contributed by atoms with van der Waals surface area (Å²) in [7, 11) is 0. The summed E-state index contributed by atoms with van der Waals surface area (Å²) in [5.41, 5.74) is 2.10. The number of fused-ring (bicyclic) bond motifs is 3. The summed E-state index contributed by atoms with van der Waals surface area (Å²) in [5.74, 6) is -0.387. The Morgan fingerprint density at radius 1 is 0.963 bits per heavy atom. The van der Waals surface area contributed by atoms with Crippen molar-refractivity contribution in [3.8, 4) is 0 Å². The van der Waals surface area contributed by atoms with E-state index in [9.17, 15) is 9.59 Å². The molecule has 1 N–H and O–H groups in total. The molecular formula is C23H17NO3. The molecule has 0 atom stereocenters. The highest BCUT2D eigenvalue weighted by atomic mass is 16.4. The van der Waals surface area contributed by atoms with Crippen LogP contribution in [0.3, 0.4) is 0 Å². The fourth-order valence-electron chi connectivity index (χ4n) is 2.98. The molecule has 4 heteroatoms. The Kier molecular flexibility index (Phi) is 4.30. The molecule has 0 unspecified atom stereocenters. The van der Waals surface area contributed by atoms with Crippen molar-refractivity contribution in [2.45, 2.75) is 6.92 Å². The third-order valence-electron chi connectivity index (χ3n) is 4.40. The van der Waals surface area contributed by atoms with Gasteiger partial charge in [0, 0.05) is 11.5 Å². The lowest BCUT2D eigenvalue weighted by Crippen LogP contribution is -2.15. The largest absolute Gasteiger partial charge is 0.421 e. The average molecular weight is 355 g/mol. The Bertz CT molecular complexity index is 1230. The topological polar surface area (TPSA) is 59.3 Å². The number of rotatable bonds is 3. The Labute approximate surface area is 155 Å². The smallest absolute Gasteiger partial charge is 0.360 e. The zero-order chi connectivity index (χ0) is 18.8. The minimum absolute atomic E-state index is 0.123. The van der Waals surface area contributed by atoms with E-state index in [2.05, 4.69) is 5.32 Å². The molecule has 27 heavy (non-hydrogen) atoms. The minimum atomic E-state index is -0.574. The summed E-state index contributed by atoms with van der Waals surface area (Å²) in [6.45, 7) is 2.00. The summed E-state index contributed by atoms with van der Waals surface area (Å²) in [6, 6.07) is 21.0. The number of nitrogens with one attached hydrogen (secondary N) is 1. The second-order valence-electron chi connectivity index (χ2n) is 6.38. The highest BCUT2D eigenvalue weighted by Crippen LogP contribution is 2.26. The molecule has 0 aliphatic carbocycles. The lowest BCUT2D eigenvalue weighted by molar-refractivity contribution is -0.111. The fourth-order valence-corrected chi connectivity index (χ4v) is 2.98. The normalized spacial score (nSPS) is 11.3. The van der Waals surface area contributed by atoms with Gasteiger partial charge < -0.3 is 9.73 Å². The van der Waals surface area contributed by atoms with Crippen molar-refractivity contribution >= 4 is 39.4 Å². The Morgan fingerprint density at radius 3 is 2.56 bits per heavy atom. The van der Waals surface area contributed by atoms with E-state index in [4.69, 9.17) is 4.42 Å².